The molecule has 10 nitrogen and oxygen atoms in total. The van der Waals surface area contributed by atoms with Gasteiger partial charge in [-0.2, -0.15) is 0 Å². The molecule has 5 rings (SSSR count). The molecule has 1 aliphatic carbocycles. The van der Waals surface area contributed by atoms with Crippen LogP contribution in [0.15, 0.2) is 35.3 Å². The highest BCUT2D eigenvalue weighted by Gasteiger charge is 2.34. The number of pyridine rings is 1. The Kier molecular flexibility index (Phi) is 8.47. The van der Waals surface area contributed by atoms with Crippen LogP contribution in [0.5, 0.6) is 11.5 Å². The zero-order valence-corrected chi connectivity index (χ0v) is 24.3. The number of methoxy groups -OCH3 is 1. The quantitative estimate of drug-likeness (QED) is 0.342. The second-order valence-electron chi connectivity index (χ2n) is 11.1. The molecule has 236 valence electrons. The number of anilines is 1. The molecular weight excluding hydrogens is 588 g/mol. The number of alkyl halides is 3. The summed E-state index contributed by atoms with van der Waals surface area (Å²) in [6, 6.07) is 4.62. The minimum absolute atomic E-state index is 0.0231. The van der Waals surface area contributed by atoms with Crippen molar-refractivity contribution in [1.29, 1.82) is 0 Å². The van der Waals surface area contributed by atoms with Crippen LogP contribution in [0.4, 0.5) is 23.2 Å². The fraction of sp³-hybridized carbons (Fsp3) is 0.433. The summed E-state index contributed by atoms with van der Waals surface area (Å²) in [5.41, 5.74) is 0.600. The van der Waals surface area contributed by atoms with Crippen molar-refractivity contribution in [3.8, 4) is 11.5 Å². The number of carboxylic acids is 1. The van der Waals surface area contributed by atoms with Gasteiger partial charge in [-0.15, -0.1) is 13.2 Å². The smallest absolute Gasteiger partial charge is 0.492 e. The number of halogens is 4. The molecule has 1 aliphatic heterocycles. The number of fused-ring (bicyclic) bond motifs is 1. The van der Waals surface area contributed by atoms with Crippen molar-refractivity contribution in [2.45, 2.75) is 51.7 Å². The Hall–Kier alpha value is -4.33. The van der Waals surface area contributed by atoms with Crippen LogP contribution in [0.25, 0.3) is 10.9 Å². The van der Waals surface area contributed by atoms with Crippen LogP contribution in [-0.4, -0.2) is 72.1 Å². The average molecular weight is 621 g/mol. The van der Waals surface area contributed by atoms with Crippen molar-refractivity contribution in [1.82, 2.24) is 14.8 Å². The molecule has 1 saturated carbocycles. The van der Waals surface area contributed by atoms with E-state index in [1.165, 1.54) is 25.4 Å². The maximum absolute atomic E-state index is 15.8. The monoisotopic (exact) mass is 620 g/mol. The number of benzene rings is 2. The van der Waals surface area contributed by atoms with Crippen LogP contribution in [0.2, 0.25) is 0 Å². The SMILES string of the molecule is COc1c(N2CCN(CC(=O)O)C(C)C2)c(F)cc2c(=O)c(C(=O)NCc3ccc(OC(F)(F)F)cc3C)cn(C3CC3)c12. The first kappa shape index (κ1) is 31.1. The van der Waals surface area contributed by atoms with Crippen LogP contribution in [-0.2, 0) is 11.3 Å². The van der Waals surface area contributed by atoms with Gasteiger partial charge >= 0.3 is 12.3 Å². The number of rotatable bonds is 9. The highest BCUT2D eigenvalue weighted by Crippen LogP contribution is 2.44. The number of aryl methyl sites for hydroxylation is 1. The van der Waals surface area contributed by atoms with Gasteiger partial charge in [-0.25, -0.2) is 4.39 Å². The van der Waals surface area contributed by atoms with Crippen LogP contribution in [0.1, 0.15) is 47.3 Å². The number of hydrogen-bond donors (Lipinski definition) is 2. The van der Waals surface area contributed by atoms with Gasteiger partial charge in [0.05, 0.1) is 24.6 Å². The maximum atomic E-state index is 15.8. The highest BCUT2D eigenvalue weighted by molar-refractivity contribution is 6.00. The molecule has 2 aliphatic rings. The van der Waals surface area contributed by atoms with Gasteiger partial charge in [0.15, 0.2) is 11.6 Å². The van der Waals surface area contributed by atoms with Crippen LogP contribution in [0, 0.1) is 12.7 Å². The number of aromatic nitrogens is 1. The summed E-state index contributed by atoms with van der Waals surface area (Å²) >= 11 is 0. The number of aliphatic carboxylic acids is 1. The largest absolute Gasteiger partial charge is 0.573 e. The number of ether oxygens (including phenoxy) is 2. The molecule has 14 heteroatoms. The molecule has 2 fully saturated rings. The summed E-state index contributed by atoms with van der Waals surface area (Å²) in [5.74, 6) is -2.60. The number of nitrogens with zero attached hydrogens (tertiary/aromatic N) is 3. The van der Waals surface area contributed by atoms with Gasteiger partial charge in [-0.05, 0) is 56.0 Å². The van der Waals surface area contributed by atoms with Gasteiger partial charge in [0, 0.05) is 44.5 Å². The zero-order valence-electron chi connectivity index (χ0n) is 24.3. The van der Waals surface area contributed by atoms with Gasteiger partial charge in [-0.3, -0.25) is 19.3 Å². The number of piperazine rings is 1. The van der Waals surface area contributed by atoms with Crippen molar-refractivity contribution in [3.05, 3.63) is 63.2 Å². The van der Waals surface area contributed by atoms with E-state index in [0.29, 0.717) is 36.3 Å². The minimum atomic E-state index is -4.84. The van der Waals surface area contributed by atoms with E-state index < -0.39 is 29.5 Å². The molecular formula is C30H32F4N4O6. The van der Waals surface area contributed by atoms with Gasteiger partial charge in [0.25, 0.3) is 5.91 Å². The van der Waals surface area contributed by atoms with E-state index >= 15 is 4.39 Å². The summed E-state index contributed by atoms with van der Waals surface area (Å²) in [4.78, 5) is 41.7. The average Bonchev–Trinajstić information content (AvgIpc) is 3.78. The second kappa shape index (κ2) is 12.0. The Morgan fingerprint density at radius 3 is 2.48 bits per heavy atom. The van der Waals surface area contributed by atoms with E-state index in [4.69, 9.17) is 4.74 Å². The Bertz CT molecular complexity index is 1670. The van der Waals surface area contributed by atoms with Crippen molar-refractivity contribution >= 4 is 28.5 Å². The molecule has 2 aromatic carbocycles. The van der Waals surface area contributed by atoms with Crippen molar-refractivity contribution in [3.63, 3.8) is 0 Å². The standard InChI is InChI=1S/C30H32F4N4O6/c1-16-10-20(44-30(32,33)34)7-4-18(16)12-35-29(42)22-14-38(19-5-6-19)25-21(27(22)41)11-23(31)26(28(25)43-3)37-9-8-36(15-24(39)40)17(2)13-37/h4,7,10-11,14,17,19H,5-6,8-9,12-13,15H2,1-3H3,(H,35,42)(H,39,40). The Morgan fingerprint density at radius 2 is 1.89 bits per heavy atom. The third-order valence-electron chi connectivity index (χ3n) is 7.99. The molecule has 3 aromatic rings. The zero-order chi connectivity index (χ0) is 31.9. The van der Waals surface area contributed by atoms with Crippen molar-refractivity contribution in [2.24, 2.45) is 0 Å². The van der Waals surface area contributed by atoms with E-state index in [0.717, 1.165) is 25.0 Å². The lowest BCUT2D eigenvalue weighted by Crippen LogP contribution is -2.53. The van der Waals surface area contributed by atoms with Crippen LogP contribution in [0.3, 0.4) is 0 Å². The molecule has 2 N–H and O–H groups in total. The molecule has 1 unspecified atom stereocenters. The first-order valence-electron chi connectivity index (χ1n) is 14.1. The lowest BCUT2D eigenvalue weighted by Gasteiger charge is -2.40. The predicted molar refractivity (Wildman–Crippen MR) is 153 cm³/mol. The minimum Gasteiger partial charge on any atom is -0.492 e. The number of hydrogen-bond acceptors (Lipinski definition) is 7. The van der Waals surface area contributed by atoms with E-state index in [2.05, 4.69) is 10.1 Å². The molecule has 44 heavy (non-hydrogen) atoms. The summed E-state index contributed by atoms with van der Waals surface area (Å²) in [6.07, 6.45) is -1.82. The van der Waals surface area contributed by atoms with E-state index in [9.17, 15) is 32.7 Å². The van der Waals surface area contributed by atoms with Crippen molar-refractivity contribution < 1.29 is 41.7 Å². The third kappa shape index (κ3) is 6.44. The van der Waals surface area contributed by atoms with E-state index in [-0.39, 0.29) is 53.3 Å². The first-order chi connectivity index (χ1) is 20.8. The molecule has 1 amide bonds. The van der Waals surface area contributed by atoms with Crippen molar-refractivity contribution in [2.75, 3.05) is 38.2 Å². The summed E-state index contributed by atoms with van der Waals surface area (Å²) in [6.45, 7) is 4.30. The number of amides is 1. The Morgan fingerprint density at radius 1 is 1.16 bits per heavy atom. The lowest BCUT2D eigenvalue weighted by molar-refractivity contribution is -0.274. The molecule has 1 aromatic heterocycles. The maximum Gasteiger partial charge on any atom is 0.573 e. The summed E-state index contributed by atoms with van der Waals surface area (Å²) < 4.78 is 64.9. The highest BCUT2D eigenvalue weighted by atomic mass is 19.4. The Balaban J connectivity index is 1.46. The fourth-order valence-electron chi connectivity index (χ4n) is 5.68. The second-order valence-corrected chi connectivity index (χ2v) is 11.1. The molecule has 1 atom stereocenters. The lowest BCUT2D eigenvalue weighted by atomic mass is 10.1. The van der Waals surface area contributed by atoms with Gasteiger partial charge in [0.1, 0.15) is 17.0 Å². The van der Waals surface area contributed by atoms with Gasteiger partial charge in [-0.1, -0.05) is 6.07 Å². The Labute approximate surface area is 249 Å². The molecule has 2 heterocycles. The third-order valence-corrected chi connectivity index (χ3v) is 7.99. The number of nitrogens with one attached hydrogen (secondary N) is 1. The number of carboxylic acid groups (broad SMARTS) is 1. The van der Waals surface area contributed by atoms with Crippen LogP contribution >= 0.6 is 0 Å². The predicted octanol–water partition coefficient (Wildman–Crippen LogP) is 4.22. The number of carbonyl (C=O) groups is 2. The van der Waals surface area contributed by atoms with E-state index in [1.54, 1.807) is 21.3 Å². The number of carbonyl (C=O) groups excluding carboxylic acids is 1. The molecule has 0 bridgehead atoms. The normalized spacial score (nSPS) is 17.5. The van der Waals surface area contributed by atoms with Crippen LogP contribution < -0.4 is 25.1 Å². The molecule has 1 saturated heterocycles. The summed E-state index contributed by atoms with van der Waals surface area (Å²) in [5, 5.41) is 11.8. The molecule has 0 radical (unpaired) electrons. The van der Waals surface area contributed by atoms with Gasteiger partial charge in [0.2, 0.25) is 5.43 Å². The fourth-order valence-corrected chi connectivity index (χ4v) is 5.68. The first-order valence-corrected chi connectivity index (χ1v) is 14.1. The molecule has 0 spiro atoms. The summed E-state index contributed by atoms with van der Waals surface area (Å²) in [7, 11) is 1.39. The van der Waals surface area contributed by atoms with E-state index in [1.807, 2.05) is 6.92 Å². The van der Waals surface area contributed by atoms with Gasteiger partial charge < -0.3 is 29.4 Å². The topological polar surface area (TPSA) is 113 Å².